The summed E-state index contributed by atoms with van der Waals surface area (Å²) in [5.41, 5.74) is 2.72. The molecule has 0 N–H and O–H groups in total. The van der Waals surface area contributed by atoms with Gasteiger partial charge in [0.15, 0.2) is 5.78 Å². The van der Waals surface area contributed by atoms with E-state index in [1.54, 1.807) is 0 Å². The lowest BCUT2D eigenvalue weighted by Crippen LogP contribution is -2.12. The number of Topliss-reactive ketones (excluding diaryl/α,β-unsaturated/α-hetero) is 1. The number of benzene rings is 1. The summed E-state index contributed by atoms with van der Waals surface area (Å²) in [7, 11) is 0. The summed E-state index contributed by atoms with van der Waals surface area (Å²) in [5, 5.41) is 0. The van der Waals surface area contributed by atoms with E-state index in [9.17, 15) is 4.79 Å². The average molecular weight is 274 g/mol. The molecule has 112 valence electrons. The summed E-state index contributed by atoms with van der Waals surface area (Å²) in [6, 6.07) is 8.18. The van der Waals surface area contributed by atoms with Crippen LogP contribution in [0.15, 0.2) is 24.3 Å². The molecule has 1 rings (SSSR count). The molecule has 0 bridgehead atoms. The third kappa shape index (κ3) is 5.90. The quantitative estimate of drug-likeness (QED) is 0.610. The van der Waals surface area contributed by atoms with Crippen LogP contribution in [0.4, 0.5) is 0 Å². The second-order valence-corrected chi connectivity index (χ2v) is 7.88. The molecule has 1 aromatic rings. The van der Waals surface area contributed by atoms with Crippen molar-refractivity contribution in [1.82, 2.24) is 0 Å². The minimum Gasteiger partial charge on any atom is -0.294 e. The van der Waals surface area contributed by atoms with E-state index >= 15 is 0 Å². The van der Waals surface area contributed by atoms with E-state index in [4.69, 9.17) is 0 Å². The Bertz CT molecular complexity index is 432. The van der Waals surface area contributed by atoms with E-state index in [0.29, 0.717) is 6.42 Å². The van der Waals surface area contributed by atoms with Crippen LogP contribution in [-0.4, -0.2) is 5.78 Å². The Morgan fingerprint density at radius 3 is 2.00 bits per heavy atom. The highest BCUT2D eigenvalue weighted by molar-refractivity contribution is 5.96. The largest absolute Gasteiger partial charge is 0.294 e. The summed E-state index contributed by atoms with van der Waals surface area (Å²) in [6.07, 6.45) is 3.78. The van der Waals surface area contributed by atoms with E-state index < -0.39 is 0 Å². The summed E-state index contributed by atoms with van der Waals surface area (Å²) >= 11 is 0. The van der Waals surface area contributed by atoms with Crippen LogP contribution in [0.25, 0.3) is 0 Å². The van der Waals surface area contributed by atoms with Gasteiger partial charge in [-0.25, -0.2) is 0 Å². The molecule has 0 atom stereocenters. The number of rotatable bonds is 6. The molecule has 0 aromatic heterocycles. The molecule has 0 aliphatic rings. The second kappa shape index (κ2) is 6.56. The highest BCUT2D eigenvalue weighted by atomic mass is 16.1. The molecule has 0 aliphatic heterocycles. The van der Waals surface area contributed by atoms with Gasteiger partial charge in [0.25, 0.3) is 0 Å². The molecule has 0 saturated carbocycles. The number of hydrogen-bond acceptors (Lipinski definition) is 1. The van der Waals surface area contributed by atoms with Crippen molar-refractivity contribution >= 4 is 5.78 Å². The van der Waals surface area contributed by atoms with Crippen molar-refractivity contribution in [2.45, 2.75) is 67.2 Å². The van der Waals surface area contributed by atoms with Crippen LogP contribution in [0.3, 0.4) is 0 Å². The maximum Gasteiger partial charge on any atom is 0.162 e. The zero-order valence-electron chi connectivity index (χ0n) is 14.0. The molecule has 0 radical (unpaired) electrons. The molecule has 0 fully saturated rings. The topological polar surface area (TPSA) is 17.1 Å². The predicted octanol–water partition coefficient (Wildman–Crippen LogP) is 5.67. The van der Waals surface area contributed by atoms with E-state index in [1.807, 2.05) is 12.1 Å². The third-order valence-electron chi connectivity index (χ3n) is 4.00. The van der Waals surface area contributed by atoms with Gasteiger partial charge < -0.3 is 0 Å². The molecule has 0 spiro atoms. The monoisotopic (exact) mass is 274 g/mol. The molecule has 1 heteroatoms. The second-order valence-electron chi connectivity index (χ2n) is 7.88. The average Bonchev–Trinajstić information content (AvgIpc) is 2.35. The predicted molar refractivity (Wildman–Crippen MR) is 87.2 cm³/mol. The molecule has 20 heavy (non-hydrogen) atoms. The molecule has 0 aliphatic carbocycles. The van der Waals surface area contributed by atoms with Crippen molar-refractivity contribution in [3.05, 3.63) is 35.4 Å². The number of hydrogen-bond donors (Lipinski definition) is 0. The molecule has 0 saturated heterocycles. The van der Waals surface area contributed by atoms with Crippen LogP contribution >= 0.6 is 0 Å². The van der Waals surface area contributed by atoms with Crippen LogP contribution in [0, 0.1) is 10.8 Å². The molecule has 1 aromatic carbocycles. The summed E-state index contributed by atoms with van der Waals surface area (Å²) < 4.78 is 0. The Hall–Kier alpha value is -1.11. The SMILES string of the molecule is CCC(C)(C)CCC(=O)c1ccc(CC(C)(C)C)cc1. The maximum atomic E-state index is 12.2. The first-order valence-electron chi connectivity index (χ1n) is 7.75. The van der Waals surface area contributed by atoms with Gasteiger partial charge in [-0.1, -0.05) is 72.2 Å². The molecule has 0 heterocycles. The zero-order chi connectivity index (χ0) is 15.4. The first-order chi connectivity index (χ1) is 9.13. The van der Waals surface area contributed by atoms with Gasteiger partial charge in [0, 0.05) is 12.0 Å². The number of ketones is 1. The van der Waals surface area contributed by atoms with E-state index in [1.165, 1.54) is 5.56 Å². The smallest absolute Gasteiger partial charge is 0.162 e. The van der Waals surface area contributed by atoms with Crippen LogP contribution in [-0.2, 0) is 6.42 Å². The maximum absolute atomic E-state index is 12.2. The lowest BCUT2D eigenvalue weighted by atomic mass is 9.83. The van der Waals surface area contributed by atoms with Crippen LogP contribution < -0.4 is 0 Å². The zero-order valence-corrected chi connectivity index (χ0v) is 14.0. The first-order valence-corrected chi connectivity index (χ1v) is 7.75. The van der Waals surface area contributed by atoms with Crippen molar-refractivity contribution < 1.29 is 4.79 Å². The molecule has 1 nitrogen and oxygen atoms in total. The van der Waals surface area contributed by atoms with Gasteiger partial charge in [-0.05, 0) is 29.2 Å². The highest BCUT2D eigenvalue weighted by Crippen LogP contribution is 2.27. The summed E-state index contributed by atoms with van der Waals surface area (Å²) in [5.74, 6) is 0.272. The summed E-state index contributed by atoms with van der Waals surface area (Å²) in [6.45, 7) is 13.3. The van der Waals surface area contributed by atoms with Crippen molar-refractivity contribution in [2.75, 3.05) is 0 Å². The number of carbonyl (C=O) groups is 1. The number of carbonyl (C=O) groups excluding carboxylic acids is 1. The fourth-order valence-corrected chi connectivity index (χ4v) is 2.19. The van der Waals surface area contributed by atoms with Crippen molar-refractivity contribution in [3.63, 3.8) is 0 Å². The van der Waals surface area contributed by atoms with Crippen molar-refractivity contribution in [1.29, 1.82) is 0 Å². The van der Waals surface area contributed by atoms with E-state index in [2.05, 4.69) is 53.7 Å². The Kier molecular flexibility index (Phi) is 5.56. The van der Waals surface area contributed by atoms with Crippen molar-refractivity contribution in [3.8, 4) is 0 Å². The normalized spacial score (nSPS) is 12.5. The standard InChI is InChI=1S/C19H30O/c1-7-19(5,6)13-12-17(20)16-10-8-15(9-11-16)14-18(2,3)4/h8-11H,7,12-14H2,1-6H3. The van der Waals surface area contributed by atoms with E-state index in [0.717, 1.165) is 24.8 Å². The Labute approximate surface area is 124 Å². The minimum atomic E-state index is 0.266. The first kappa shape index (κ1) is 16.9. The molecule has 0 amide bonds. The van der Waals surface area contributed by atoms with Crippen LogP contribution in [0.5, 0.6) is 0 Å². The minimum absolute atomic E-state index is 0.266. The third-order valence-corrected chi connectivity index (χ3v) is 4.00. The van der Waals surface area contributed by atoms with Gasteiger partial charge in [-0.2, -0.15) is 0 Å². The molecular weight excluding hydrogens is 244 g/mol. The Balaban J connectivity index is 2.62. The molecule has 0 unspecified atom stereocenters. The van der Waals surface area contributed by atoms with Gasteiger partial charge in [0.1, 0.15) is 0 Å². The fourth-order valence-electron chi connectivity index (χ4n) is 2.19. The lowest BCUT2D eigenvalue weighted by molar-refractivity contribution is 0.0962. The van der Waals surface area contributed by atoms with Gasteiger partial charge >= 0.3 is 0 Å². The van der Waals surface area contributed by atoms with Crippen LogP contribution in [0.2, 0.25) is 0 Å². The Morgan fingerprint density at radius 2 is 1.55 bits per heavy atom. The van der Waals surface area contributed by atoms with Gasteiger partial charge in [0.05, 0.1) is 0 Å². The van der Waals surface area contributed by atoms with Crippen molar-refractivity contribution in [2.24, 2.45) is 10.8 Å². The van der Waals surface area contributed by atoms with E-state index in [-0.39, 0.29) is 16.6 Å². The highest BCUT2D eigenvalue weighted by Gasteiger charge is 2.17. The fraction of sp³-hybridized carbons (Fsp3) is 0.632. The van der Waals surface area contributed by atoms with Crippen LogP contribution in [0.1, 0.15) is 76.7 Å². The van der Waals surface area contributed by atoms with Gasteiger partial charge in [0.2, 0.25) is 0 Å². The summed E-state index contributed by atoms with van der Waals surface area (Å²) in [4.78, 5) is 12.2. The molecular formula is C19H30O. The lowest BCUT2D eigenvalue weighted by Gasteiger charge is -2.21. The van der Waals surface area contributed by atoms with Gasteiger partial charge in [-0.15, -0.1) is 0 Å². The van der Waals surface area contributed by atoms with Gasteiger partial charge in [-0.3, -0.25) is 4.79 Å². The Morgan fingerprint density at radius 1 is 1.00 bits per heavy atom.